The molecule has 3 heterocycles. The van der Waals surface area contributed by atoms with Crippen LogP contribution in [0.25, 0.3) is 0 Å². The molecule has 1 aromatic rings. The SMILES string of the molecule is C[C@H](NC(=O)CN1CCOCC1)C(=O)NC(Cc1ccn(C)c(=O)c1)(C(N)=O)[C@H](CC1=CCCC1)C(=O)[C@@]1(C)CO1. The highest BCUT2D eigenvalue weighted by molar-refractivity contribution is 6.02. The summed E-state index contributed by atoms with van der Waals surface area (Å²) >= 11 is 0. The van der Waals surface area contributed by atoms with E-state index in [4.69, 9.17) is 15.2 Å². The number of allylic oxidation sites excluding steroid dienone is 2. The lowest BCUT2D eigenvalue weighted by Crippen LogP contribution is -2.68. The van der Waals surface area contributed by atoms with Gasteiger partial charge in [-0.25, -0.2) is 0 Å². The molecule has 3 amide bonds. The second-order valence-corrected chi connectivity index (χ2v) is 11.6. The van der Waals surface area contributed by atoms with E-state index in [1.165, 1.54) is 17.6 Å². The molecule has 12 heteroatoms. The molecule has 4 atom stereocenters. The average Bonchev–Trinajstić information content (AvgIpc) is 3.47. The number of carbonyl (C=O) groups is 4. The van der Waals surface area contributed by atoms with Crippen LogP contribution in [0.3, 0.4) is 0 Å². The van der Waals surface area contributed by atoms with Gasteiger partial charge in [-0.2, -0.15) is 0 Å². The fourth-order valence-electron chi connectivity index (χ4n) is 5.53. The molecule has 0 aromatic carbocycles. The van der Waals surface area contributed by atoms with Crippen molar-refractivity contribution in [1.82, 2.24) is 20.1 Å². The number of ether oxygens (including phenoxy) is 2. The van der Waals surface area contributed by atoms with Crippen LogP contribution in [0.4, 0.5) is 0 Å². The molecule has 0 saturated carbocycles. The predicted octanol–water partition coefficient (Wildman–Crippen LogP) is -0.420. The van der Waals surface area contributed by atoms with Crippen molar-refractivity contribution in [3.63, 3.8) is 0 Å². The molecule has 12 nitrogen and oxygen atoms in total. The van der Waals surface area contributed by atoms with Crippen LogP contribution in [0.1, 0.15) is 45.1 Å². The summed E-state index contributed by atoms with van der Waals surface area (Å²) in [6.07, 6.45) is 6.20. The molecule has 2 fully saturated rings. The highest BCUT2D eigenvalue weighted by atomic mass is 16.6. The molecular formula is C29H41N5O7. The maximum atomic E-state index is 14.0. The van der Waals surface area contributed by atoms with Crippen LogP contribution in [0.2, 0.25) is 0 Å². The molecule has 1 aliphatic carbocycles. The fraction of sp³-hybridized carbons (Fsp3) is 0.621. The van der Waals surface area contributed by atoms with Gasteiger partial charge in [-0.15, -0.1) is 0 Å². The Morgan fingerprint density at radius 3 is 2.51 bits per heavy atom. The standard InChI is InChI=1S/C29H41N5O7/c1-19(31-23(35)17-34-10-12-40-13-11-34)26(38)32-29(27(30)39,16-21-8-9-33(3)24(36)15-21)22(14-20-6-4-5-7-20)25(37)28(2)18-41-28/h6,8-9,15,19,22H,4-5,7,10-14,16-18H2,1-3H3,(H2,30,39)(H,31,35)(H,32,38)/t19-,22+,28+,29?/m0/s1. The van der Waals surface area contributed by atoms with Gasteiger partial charge in [0.05, 0.1) is 32.3 Å². The lowest BCUT2D eigenvalue weighted by Gasteiger charge is -2.40. The molecule has 3 aliphatic rings. The maximum absolute atomic E-state index is 14.0. The quantitative estimate of drug-likeness (QED) is 0.212. The number of nitrogens with two attached hydrogens (primary N) is 1. The first kappa shape index (κ1) is 30.6. The zero-order valence-corrected chi connectivity index (χ0v) is 24.1. The van der Waals surface area contributed by atoms with Gasteiger partial charge in [0.15, 0.2) is 5.78 Å². The third-order valence-corrected chi connectivity index (χ3v) is 8.29. The molecule has 2 aliphatic heterocycles. The number of primary amides is 1. The zero-order valence-electron chi connectivity index (χ0n) is 24.1. The van der Waals surface area contributed by atoms with Crippen LogP contribution in [0.15, 0.2) is 34.8 Å². The molecule has 0 radical (unpaired) electrons. The summed E-state index contributed by atoms with van der Waals surface area (Å²) in [5.74, 6) is -3.31. The van der Waals surface area contributed by atoms with E-state index in [0.29, 0.717) is 31.9 Å². The van der Waals surface area contributed by atoms with Crippen molar-refractivity contribution in [2.75, 3.05) is 39.5 Å². The summed E-state index contributed by atoms with van der Waals surface area (Å²) in [7, 11) is 1.60. The van der Waals surface area contributed by atoms with Crippen LogP contribution in [-0.2, 0) is 42.1 Å². The third kappa shape index (κ3) is 7.30. The molecule has 41 heavy (non-hydrogen) atoms. The number of ketones is 1. The molecule has 4 N–H and O–H groups in total. The Bertz CT molecular complexity index is 1260. The van der Waals surface area contributed by atoms with Crippen LogP contribution < -0.4 is 21.9 Å². The highest BCUT2D eigenvalue weighted by Crippen LogP contribution is 2.40. The van der Waals surface area contributed by atoms with Crippen LogP contribution in [0.5, 0.6) is 0 Å². The van der Waals surface area contributed by atoms with Gasteiger partial charge in [0.25, 0.3) is 5.56 Å². The Morgan fingerprint density at radius 2 is 1.93 bits per heavy atom. The number of aromatic nitrogens is 1. The van der Waals surface area contributed by atoms with Crippen molar-refractivity contribution in [3.8, 4) is 0 Å². The molecule has 0 bridgehead atoms. The summed E-state index contributed by atoms with van der Waals surface area (Å²) in [6, 6.07) is 1.99. The highest BCUT2D eigenvalue weighted by Gasteiger charge is 2.58. The molecule has 1 aromatic heterocycles. The smallest absolute Gasteiger partial charge is 0.250 e. The Balaban J connectivity index is 1.65. The molecular weight excluding hydrogens is 530 g/mol. The number of pyridine rings is 1. The lowest BCUT2D eigenvalue weighted by molar-refractivity contribution is -0.142. The molecule has 2 saturated heterocycles. The summed E-state index contributed by atoms with van der Waals surface area (Å²) in [6.45, 7) is 5.74. The van der Waals surface area contributed by atoms with Crippen molar-refractivity contribution in [2.24, 2.45) is 18.7 Å². The number of morpholine rings is 1. The van der Waals surface area contributed by atoms with Crippen molar-refractivity contribution in [2.45, 2.75) is 63.1 Å². The molecule has 224 valence electrons. The largest absolute Gasteiger partial charge is 0.379 e. The monoisotopic (exact) mass is 571 g/mol. The maximum Gasteiger partial charge on any atom is 0.250 e. The number of carbonyl (C=O) groups excluding carboxylic acids is 4. The van der Waals surface area contributed by atoms with E-state index in [1.807, 2.05) is 4.90 Å². The van der Waals surface area contributed by atoms with E-state index >= 15 is 0 Å². The van der Waals surface area contributed by atoms with E-state index in [9.17, 15) is 24.0 Å². The molecule has 0 spiro atoms. The first-order valence-electron chi connectivity index (χ1n) is 14.2. The van der Waals surface area contributed by atoms with Gasteiger partial charge >= 0.3 is 0 Å². The van der Waals surface area contributed by atoms with Crippen molar-refractivity contribution >= 4 is 23.5 Å². The number of hydrogen-bond acceptors (Lipinski definition) is 8. The van der Waals surface area contributed by atoms with Gasteiger partial charge in [-0.3, -0.25) is 28.9 Å². The predicted molar refractivity (Wildman–Crippen MR) is 150 cm³/mol. The van der Waals surface area contributed by atoms with Gasteiger partial charge in [0, 0.05) is 38.8 Å². The number of epoxide rings is 1. The average molecular weight is 572 g/mol. The third-order valence-electron chi connectivity index (χ3n) is 8.29. The normalized spacial score (nSPS) is 23.5. The van der Waals surface area contributed by atoms with Gasteiger partial charge in [-0.1, -0.05) is 11.6 Å². The number of Topliss-reactive ketones (excluding diaryl/α,β-unsaturated/α-hetero) is 1. The van der Waals surface area contributed by atoms with E-state index in [1.54, 1.807) is 26.2 Å². The fourth-order valence-corrected chi connectivity index (χ4v) is 5.53. The molecule has 4 rings (SSSR count). The number of amides is 3. The topological polar surface area (TPSA) is 165 Å². The van der Waals surface area contributed by atoms with E-state index in [-0.39, 0.29) is 43.2 Å². The number of rotatable bonds is 13. The summed E-state index contributed by atoms with van der Waals surface area (Å²) in [4.78, 5) is 68.2. The van der Waals surface area contributed by atoms with Crippen LogP contribution in [0, 0.1) is 5.92 Å². The van der Waals surface area contributed by atoms with Crippen molar-refractivity contribution in [3.05, 3.63) is 45.9 Å². The second kappa shape index (κ2) is 12.7. The number of aryl methyl sites for hydroxylation is 1. The van der Waals surface area contributed by atoms with Gasteiger partial charge in [0.2, 0.25) is 17.7 Å². The Hall–Kier alpha value is -3.35. The summed E-state index contributed by atoms with van der Waals surface area (Å²) < 4.78 is 12.2. The summed E-state index contributed by atoms with van der Waals surface area (Å²) in [5, 5.41) is 5.49. The summed E-state index contributed by atoms with van der Waals surface area (Å²) in [5.41, 5.74) is 4.23. The number of hydrogen-bond donors (Lipinski definition) is 3. The second-order valence-electron chi connectivity index (χ2n) is 11.6. The van der Waals surface area contributed by atoms with E-state index in [0.717, 1.165) is 24.8 Å². The minimum Gasteiger partial charge on any atom is -0.379 e. The Morgan fingerprint density at radius 1 is 1.22 bits per heavy atom. The van der Waals surface area contributed by atoms with E-state index in [2.05, 4.69) is 16.7 Å². The van der Waals surface area contributed by atoms with Crippen LogP contribution in [-0.4, -0.2) is 89.6 Å². The first-order valence-corrected chi connectivity index (χ1v) is 14.2. The minimum atomic E-state index is -1.89. The van der Waals surface area contributed by atoms with Gasteiger partial charge in [0.1, 0.15) is 17.2 Å². The minimum absolute atomic E-state index is 0.0974. The zero-order chi connectivity index (χ0) is 29.8. The Labute approximate surface area is 239 Å². The number of nitrogens with one attached hydrogen (secondary N) is 2. The Kier molecular flexibility index (Phi) is 9.45. The van der Waals surface area contributed by atoms with Gasteiger partial charge < -0.3 is 30.4 Å². The lowest BCUT2D eigenvalue weighted by atomic mass is 9.70. The van der Waals surface area contributed by atoms with Crippen molar-refractivity contribution < 1.29 is 28.7 Å². The van der Waals surface area contributed by atoms with Gasteiger partial charge in [-0.05, 0) is 51.2 Å². The van der Waals surface area contributed by atoms with E-state index < -0.39 is 34.9 Å². The van der Waals surface area contributed by atoms with Crippen molar-refractivity contribution in [1.29, 1.82) is 0 Å². The molecule has 1 unspecified atom stereocenters. The first-order chi connectivity index (χ1) is 19.4. The van der Waals surface area contributed by atoms with Crippen LogP contribution >= 0.6 is 0 Å². The number of nitrogens with zero attached hydrogens (tertiary/aromatic N) is 2.